The maximum absolute atomic E-state index is 12.1. The Labute approximate surface area is 82.3 Å². The van der Waals surface area contributed by atoms with Crippen molar-refractivity contribution in [1.82, 2.24) is 4.98 Å². The van der Waals surface area contributed by atoms with E-state index in [9.17, 15) is 13.2 Å². The molecule has 1 rings (SSSR count). The van der Waals surface area contributed by atoms with Crippen molar-refractivity contribution in [2.45, 2.75) is 6.18 Å². The molecule has 0 atom stereocenters. The zero-order chi connectivity index (χ0) is 10.9. The third kappa shape index (κ3) is 2.37. The first-order valence-electron chi connectivity index (χ1n) is 3.41. The highest BCUT2D eigenvalue weighted by Gasteiger charge is 2.35. The van der Waals surface area contributed by atoms with Gasteiger partial charge in [0.25, 0.3) is 0 Å². The molecule has 0 bridgehead atoms. The molecule has 0 amide bonds. The lowest BCUT2D eigenvalue weighted by Gasteiger charge is -2.08. The van der Waals surface area contributed by atoms with Crippen molar-refractivity contribution in [3.63, 3.8) is 0 Å². The number of alkyl halides is 3. The first-order valence-corrected chi connectivity index (χ1v) is 3.79. The Morgan fingerprint density at radius 2 is 1.93 bits per heavy atom. The molecule has 8 heteroatoms. The summed E-state index contributed by atoms with van der Waals surface area (Å²) < 4.78 is 36.3. The van der Waals surface area contributed by atoms with E-state index in [1.807, 2.05) is 0 Å². The molecule has 0 saturated heterocycles. The predicted molar refractivity (Wildman–Crippen MR) is 44.1 cm³/mol. The summed E-state index contributed by atoms with van der Waals surface area (Å²) in [5.41, 5.74) is -1.44. The van der Waals surface area contributed by atoms with Crippen LogP contribution in [0, 0.1) is 0 Å². The molecule has 0 aliphatic rings. The first-order chi connectivity index (χ1) is 6.32. The molecule has 0 aliphatic carbocycles. The molecule has 76 valence electrons. The van der Waals surface area contributed by atoms with Gasteiger partial charge in [-0.15, -0.1) is 0 Å². The molecule has 1 aromatic rings. The average Bonchev–Trinajstić information content (AvgIpc) is 2.01. The maximum Gasteiger partial charge on any atom is 0.490 e. The van der Waals surface area contributed by atoms with Crippen LogP contribution in [-0.2, 0) is 6.18 Å². The molecule has 0 saturated carbocycles. The van der Waals surface area contributed by atoms with Gasteiger partial charge in [0.15, 0.2) is 5.69 Å². The van der Waals surface area contributed by atoms with Crippen molar-refractivity contribution < 1.29 is 23.2 Å². The van der Waals surface area contributed by atoms with Crippen LogP contribution in [0.4, 0.5) is 13.2 Å². The third-order valence-electron chi connectivity index (χ3n) is 1.43. The zero-order valence-corrected chi connectivity index (χ0v) is 7.34. The number of aromatic nitrogens is 1. The molecule has 0 spiro atoms. The first kappa shape index (κ1) is 11.3. The Hall–Kier alpha value is -0.785. The summed E-state index contributed by atoms with van der Waals surface area (Å²) in [6, 6.07) is 0.808. The maximum atomic E-state index is 12.1. The van der Waals surface area contributed by atoms with E-state index in [1.54, 1.807) is 0 Å². The van der Waals surface area contributed by atoms with Crippen LogP contribution in [0.1, 0.15) is 5.69 Å². The molecular formula is C6H4BClF3NO2. The van der Waals surface area contributed by atoms with Crippen molar-refractivity contribution in [1.29, 1.82) is 0 Å². The van der Waals surface area contributed by atoms with Gasteiger partial charge in [-0.2, -0.15) is 13.2 Å². The van der Waals surface area contributed by atoms with E-state index >= 15 is 0 Å². The molecule has 1 aromatic heterocycles. The summed E-state index contributed by atoms with van der Waals surface area (Å²) in [7, 11) is -1.89. The van der Waals surface area contributed by atoms with Crippen molar-refractivity contribution in [2.24, 2.45) is 0 Å². The van der Waals surface area contributed by atoms with Crippen LogP contribution < -0.4 is 5.46 Å². The van der Waals surface area contributed by atoms with Gasteiger partial charge in [0.2, 0.25) is 0 Å². The van der Waals surface area contributed by atoms with Gasteiger partial charge >= 0.3 is 13.3 Å². The van der Waals surface area contributed by atoms with Crippen LogP contribution in [0.2, 0.25) is 5.02 Å². The van der Waals surface area contributed by atoms with E-state index in [2.05, 4.69) is 4.98 Å². The fourth-order valence-electron chi connectivity index (χ4n) is 0.803. The second-order valence-electron chi connectivity index (χ2n) is 2.47. The van der Waals surface area contributed by atoms with Gasteiger partial charge in [0, 0.05) is 11.7 Å². The van der Waals surface area contributed by atoms with Crippen molar-refractivity contribution in [3.05, 3.63) is 23.0 Å². The molecule has 0 aromatic carbocycles. The van der Waals surface area contributed by atoms with Crippen molar-refractivity contribution in [3.8, 4) is 0 Å². The minimum atomic E-state index is -4.64. The second-order valence-corrected chi connectivity index (χ2v) is 2.88. The standard InChI is InChI=1S/C6H4BClF3NO2/c8-4-1-3(7(13)14)2-12-5(4)6(9,10)11/h1-2,13-14H. The van der Waals surface area contributed by atoms with Crippen LogP contribution in [0.5, 0.6) is 0 Å². The van der Waals surface area contributed by atoms with E-state index in [4.69, 9.17) is 21.6 Å². The van der Waals surface area contributed by atoms with Gasteiger partial charge in [-0.05, 0) is 6.07 Å². The van der Waals surface area contributed by atoms with Crippen molar-refractivity contribution >= 4 is 24.2 Å². The summed E-state index contributed by atoms with van der Waals surface area (Å²) in [4.78, 5) is 2.99. The Balaban J connectivity index is 3.15. The normalized spacial score (nSPS) is 11.6. The van der Waals surface area contributed by atoms with Gasteiger partial charge in [0.1, 0.15) is 0 Å². The number of hydrogen-bond donors (Lipinski definition) is 2. The molecule has 0 aliphatic heterocycles. The predicted octanol–water partition coefficient (Wildman–Crippen LogP) is 0.434. The molecule has 0 radical (unpaired) electrons. The van der Waals surface area contributed by atoms with Crippen LogP contribution in [0.3, 0.4) is 0 Å². The van der Waals surface area contributed by atoms with E-state index < -0.39 is 24.0 Å². The highest BCUT2D eigenvalue weighted by atomic mass is 35.5. The van der Waals surface area contributed by atoms with Gasteiger partial charge in [-0.25, -0.2) is 0 Å². The van der Waals surface area contributed by atoms with Crippen LogP contribution in [0.15, 0.2) is 12.3 Å². The smallest absolute Gasteiger partial charge is 0.423 e. The monoisotopic (exact) mass is 225 g/mol. The number of pyridine rings is 1. The second kappa shape index (κ2) is 3.76. The third-order valence-corrected chi connectivity index (χ3v) is 1.72. The fourth-order valence-corrected chi connectivity index (χ4v) is 1.08. The summed E-state index contributed by atoms with van der Waals surface area (Å²) in [6.45, 7) is 0. The number of halogens is 4. The quantitative estimate of drug-likeness (QED) is 0.682. The van der Waals surface area contributed by atoms with Crippen LogP contribution in [0.25, 0.3) is 0 Å². The topological polar surface area (TPSA) is 53.4 Å². The lowest BCUT2D eigenvalue weighted by atomic mass is 9.81. The van der Waals surface area contributed by atoms with Gasteiger partial charge in [-0.1, -0.05) is 11.6 Å². The zero-order valence-electron chi connectivity index (χ0n) is 6.59. The SMILES string of the molecule is OB(O)c1cnc(C(F)(F)F)c(Cl)c1. The Bertz CT molecular complexity index is 344. The summed E-state index contributed by atoms with van der Waals surface area (Å²) >= 11 is 5.25. The molecule has 0 unspecified atom stereocenters. The highest BCUT2D eigenvalue weighted by Crippen LogP contribution is 2.31. The highest BCUT2D eigenvalue weighted by molar-refractivity contribution is 6.58. The number of hydrogen-bond acceptors (Lipinski definition) is 3. The van der Waals surface area contributed by atoms with Gasteiger partial charge < -0.3 is 10.0 Å². The number of nitrogens with zero attached hydrogens (tertiary/aromatic N) is 1. The Morgan fingerprint density at radius 3 is 2.29 bits per heavy atom. The fraction of sp³-hybridized carbons (Fsp3) is 0.167. The van der Waals surface area contributed by atoms with Crippen molar-refractivity contribution in [2.75, 3.05) is 0 Å². The molecule has 14 heavy (non-hydrogen) atoms. The molecule has 0 fully saturated rings. The van der Waals surface area contributed by atoms with Crippen LogP contribution >= 0.6 is 11.6 Å². The minimum absolute atomic E-state index is 0.192. The largest absolute Gasteiger partial charge is 0.490 e. The van der Waals surface area contributed by atoms with Gasteiger partial charge in [0.05, 0.1) is 5.02 Å². The lowest BCUT2D eigenvalue weighted by Crippen LogP contribution is -2.31. The molecule has 3 nitrogen and oxygen atoms in total. The summed E-state index contributed by atoms with van der Waals surface area (Å²) in [5.74, 6) is 0. The number of rotatable bonds is 1. The van der Waals surface area contributed by atoms with E-state index in [0.717, 1.165) is 6.07 Å². The van der Waals surface area contributed by atoms with E-state index in [-0.39, 0.29) is 5.46 Å². The van der Waals surface area contributed by atoms with Crippen LogP contribution in [-0.4, -0.2) is 22.2 Å². The average molecular weight is 225 g/mol. The minimum Gasteiger partial charge on any atom is -0.423 e. The van der Waals surface area contributed by atoms with Gasteiger partial charge in [-0.3, -0.25) is 4.98 Å². The summed E-state index contributed by atoms with van der Waals surface area (Å²) in [5, 5.41) is 16.6. The lowest BCUT2D eigenvalue weighted by molar-refractivity contribution is -0.141. The molecular weight excluding hydrogens is 221 g/mol. The Morgan fingerprint density at radius 1 is 1.36 bits per heavy atom. The van der Waals surface area contributed by atoms with E-state index in [1.165, 1.54) is 0 Å². The van der Waals surface area contributed by atoms with E-state index in [0.29, 0.717) is 6.20 Å². The molecule has 1 heterocycles. The summed E-state index contributed by atoms with van der Waals surface area (Å²) in [6.07, 6.45) is -3.94. The Kier molecular flexibility index (Phi) is 3.03. The molecule has 2 N–H and O–H groups in total.